The molecule has 0 saturated heterocycles. The van der Waals surface area contributed by atoms with Crippen molar-refractivity contribution in [3.8, 4) is 5.75 Å². The van der Waals surface area contributed by atoms with Crippen molar-refractivity contribution < 1.29 is 19.4 Å². The van der Waals surface area contributed by atoms with E-state index in [0.717, 1.165) is 18.4 Å². The molecule has 0 radical (unpaired) electrons. The Hall–Kier alpha value is -2.15. The number of primary amides is 1. The lowest BCUT2D eigenvalue weighted by Crippen LogP contribution is -2.31. The van der Waals surface area contributed by atoms with Gasteiger partial charge in [0, 0.05) is 12.6 Å². The highest BCUT2D eigenvalue weighted by molar-refractivity contribution is 5.95. The fourth-order valence-corrected chi connectivity index (χ4v) is 2.53. The molecule has 2 unspecified atom stereocenters. The first-order chi connectivity index (χ1) is 11.9. The number of aliphatic hydroxyl groups excluding tert-OH is 1. The summed E-state index contributed by atoms with van der Waals surface area (Å²) in [6.07, 6.45) is 0.808. The number of nitrogens with one attached hydrogen (secondary N) is 1. The number of benzene rings is 2. The molecule has 5 nitrogen and oxygen atoms in total. The van der Waals surface area contributed by atoms with E-state index >= 15 is 0 Å². The third kappa shape index (κ3) is 6.29. The molecule has 0 spiro atoms. The number of carbonyl (C=O) groups excluding carboxylic acids is 1. The van der Waals surface area contributed by atoms with Gasteiger partial charge in [0.15, 0.2) is 0 Å². The van der Waals surface area contributed by atoms with Crippen molar-refractivity contribution in [2.45, 2.75) is 31.9 Å². The summed E-state index contributed by atoms with van der Waals surface area (Å²) in [5.41, 5.74) is 6.74. The SMILES string of the molecule is CC(CCc1ccc(F)cc1)NCC(O)c1ccc(O)c(C(N)=O)c1.Cl. The Bertz CT molecular complexity index is 725. The smallest absolute Gasteiger partial charge is 0.252 e. The standard InChI is InChI=1S/C19H23FN2O3.ClH/c1-12(2-3-13-4-7-15(20)8-5-13)22-11-18(24)14-6-9-17(23)16(10-14)19(21)25;/h4-10,12,18,22-24H,2-3,11H2,1H3,(H2,21,25);1H. The topological polar surface area (TPSA) is 95.6 Å². The Morgan fingerprint density at radius 2 is 1.88 bits per heavy atom. The molecular formula is C19H24ClFN2O3. The normalized spacial score (nSPS) is 12.9. The van der Waals surface area contributed by atoms with Gasteiger partial charge in [0.05, 0.1) is 11.7 Å². The number of amides is 1. The molecule has 0 bridgehead atoms. The molecule has 0 heterocycles. The molecule has 0 saturated carbocycles. The first-order valence-electron chi connectivity index (χ1n) is 8.15. The van der Waals surface area contributed by atoms with Gasteiger partial charge in [-0.2, -0.15) is 0 Å². The average Bonchev–Trinajstić information content (AvgIpc) is 2.59. The summed E-state index contributed by atoms with van der Waals surface area (Å²) in [4.78, 5) is 11.2. The molecule has 2 rings (SSSR count). The second kappa shape index (κ2) is 10.1. The largest absolute Gasteiger partial charge is 0.507 e. The Kier molecular flexibility index (Phi) is 8.51. The lowest BCUT2D eigenvalue weighted by molar-refractivity contribution is 0.0997. The Morgan fingerprint density at radius 1 is 1.23 bits per heavy atom. The van der Waals surface area contributed by atoms with E-state index in [2.05, 4.69) is 5.32 Å². The maximum atomic E-state index is 12.9. The first-order valence-corrected chi connectivity index (χ1v) is 8.15. The van der Waals surface area contributed by atoms with Crippen LogP contribution in [0.3, 0.4) is 0 Å². The van der Waals surface area contributed by atoms with E-state index in [4.69, 9.17) is 5.73 Å². The molecule has 26 heavy (non-hydrogen) atoms. The van der Waals surface area contributed by atoms with Crippen LogP contribution in [0.4, 0.5) is 4.39 Å². The minimum Gasteiger partial charge on any atom is -0.507 e. The zero-order valence-electron chi connectivity index (χ0n) is 14.5. The average molecular weight is 383 g/mol. The number of rotatable bonds is 8. The molecule has 142 valence electrons. The predicted molar refractivity (Wildman–Crippen MR) is 101 cm³/mol. The van der Waals surface area contributed by atoms with Crippen LogP contribution in [0.5, 0.6) is 5.75 Å². The van der Waals surface area contributed by atoms with Gasteiger partial charge in [-0.15, -0.1) is 12.4 Å². The van der Waals surface area contributed by atoms with E-state index in [1.54, 1.807) is 18.2 Å². The molecule has 7 heteroatoms. The monoisotopic (exact) mass is 382 g/mol. The second-order valence-electron chi connectivity index (χ2n) is 6.13. The highest BCUT2D eigenvalue weighted by atomic mass is 35.5. The number of halogens is 2. The number of aromatic hydroxyl groups is 1. The van der Waals surface area contributed by atoms with Gasteiger partial charge in [-0.25, -0.2) is 4.39 Å². The van der Waals surface area contributed by atoms with Crippen LogP contribution in [-0.2, 0) is 6.42 Å². The van der Waals surface area contributed by atoms with Crippen molar-refractivity contribution in [2.24, 2.45) is 5.73 Å². The Balaban J connectivity index is 0.00000338. The van der Waals surface area contributed by atoms with Crippen LogP contribution in [-0.4, -0.2) is 28.7 Å². The van der Waals surface area contributed by atoms with Crippen LogP contribution in [0.25, 0.3) is 0 Å². The third-order valence-electron chi connectivity index (χ3n) is 4.11. The highest BCUT2D eigenvalue weighted by Crippen LogP contribution is 2.22. The first kappa shape index (κ1) is 21.9. The third-order valence-corrected chi connectivity index (χ3v) is 4.11. The summed E-state index contributed by atoms with van der Waals surface area (Å²) in [5, 5.41) is 23.0. The van der Waals surface area contributed by atoms with Gasteiger partial charge in [-0.1, -0.05) is 18.2 Å². The summed E-state index contributed by atoms with van der Waals surface area (Å²) < 4.78 is 12.9. The van der Waals surface area contributed by atoms with Crippen LogP contribution in [0.1, 0.15) is 40.9 Å². The van der Waals surface area contributed by atoms with Crippen LogP contribution >= 0.6 is 12.4 Å². The molecule has 1 amide bonds. The highest BCUT2D eigenvalue weighted by Gasteiger charge is 2.14. The zero-order chi connectivity index (χ0) is 18.4. The van der Waals surface area contributed by atoms with Gasteiger partial charge < -0.3 is 21.3 Å². The van der Waals surface area contributed by atoms with Gasteiger partial charge in [-0.05, 0) is 55.2 Å². The molecule has 0 fully saturated rings. The minimum absolute atomic E-state index is 0. The van der Waals surface area contributed by atoms with Gasteiger partial charge in [0.2, 0.25) is 0 Å². The van der Waals surface area contributed by atoms with Gasteiger partial charge in [0.1, 0.15) is 11.6 Å². The van der Waals surface area contributed by atoms with E-state index in [1.165, 1.54) is 24.3 Å². The number of phenols is 1. The maximum absolute atomic E-state index is 12.9. The summed E-state index contributed by atoms with van der Waals surface area (Å²) in [6, 6.07) is 10.8. The van der Waals surface area contributed by atoms with E-state index in [-0.39, 0.29) is 35.6 Å². The second-order valence-corrected chi connectivity index (χ2v) is 6.13. The summed E-state index contributed by atoms with van der Waals surface area (Å²) >= 11 is 0. The van der Waals surface area contributed by atoms with Crippen LogP contribution in [0.15, 0.2) is 42.5 Å². The Labute approximate surface area is 158 Å². The molecule has 2 aromatic rings. The lowest BCUT2D eigenvalue weighted by Gasteiger charge is -2.18. The van der Waals surface area contributed by atoms with E-state index < -0.39 is 12.0 Å². The quantitative estimate of drug-likeness (QED) is 0.564. The van der Waals surface area contributed by atoms with E-state index in [1.807, 2.05) is 6.92 Å². The summed E-state index contributed by atoms with van der Waals surface area (Å²) in [7, 11) is 0. The number of aryl methyl sites for hydroxylation is 1. The molecule has 0 aliphatic carbocycles. The van der Waals surface area contributed by atoms with Crippen molar-refractivity contribution in [1.82, 2.24) is 5.32 Å². The molecule has 0 aliphatic rings. The number of hydrogen-bond donors (Lipinski definition) is 4. The molecule has 2 aromatic carbocycles. The zero-order valence-corrected chi connectivity index (χ0v) is 15.3. The van der Waals surface area contributed by atoms with Gasteiger partial charge in [-0.3, -0.25) is 4.79 Å². The van der Waals surface area contributed by atoms with E-state index in [9.17, 15) is 19.4 Å². The van der Waals surface area contributed by atoms with E-state index in [0.29, 0.717) is 12.1 Å². The fourth-order valence-electron chi connectivity index (χ4n) is 2.53. The number of nitrogens with two attached hydrogens (primary N) is 1. The maximum Gasteiger partial charge on any atom is 0.252 e. The Morgan fingerprint density at radius 3 is 2.50 bits per heavy atom. The number of aliphatic hydroxyl groups is 1. The number of carbonyl (C=O) groups is 1. The lowest BCUT2D eigenvalue weighted by atomic mass is 10.0. The molecule has 0 aliphatic heterocycles. The van der Waals surface area contributed by atoms with Crippen LogP contribution in [0.2, 0.25) is 0 Å². The minimum atomic E-state index is -0.827. The molecular weight excluding hydrogens is 359 g/mol. The molecule has 5 N–H and O–H groups in total. The predicted octanol–water partition coefficient (Wildman–Crippen LogP) is 2.70. The van der Waals surface area contributed by atoms with Crippen molar-refractivity contribution >= 4 is 18.3 Å². The van der Waals surface area contributed by atoms with Crippen LogP contribution in [0, 0.1) is 5.82 Å². The van der Waals surface area contributed by atoms with Crippen LogP contribution < -0.4 is 11.1 Å². The number of hydrogen-bond acceptors (Lipinski definition) is 4. The molecule has 2 atom stereocenters. The van der Waals surface area contributed by atoms with Crippen molar-refractivity contribution in [3.63, 3.8) is 0 Å². The summed E-state index contributed by atoms with van der Waals surface area (Å²) in [5.74, 6) is -1.20. The fraction of sp³-hybridized carbons (Fsp3) is 0.316. The van der Waals surface area contributed by atoms with Crippen molar-refractivity contribution in [3.05, 3.63) is 65.0 Å². The molecule has 0 aromatic heterocycles. The summed E-state index contributed by atoms with van der Waals surface area (Å²) in [6.45, 7) is 2.30. The van der Waals surface area contributed by atoms with Crippen molar-refractivity contribution in [1.29, 1.82) is 0 Å². The van der Waals surface area contributed by atoms with Gasteiger partial charge >= 0.3 is 0 Å². The van der Waals surface area contributed by atoms with Crippen molar-refractivity contribution in [2.75, 3.05) is 6.54 Å². The van der Waals surface area contributed by atoms with Gasteiger partial charge in [0.25, 0.3) is 5.91 Å².